The van der Waals surface area contributed by atoms with Gasteiger partial charge in [-0.2, -0.15) is 0 Å². The van der Waals surface area contributed by atoms with Gasteiger partial charge in [-0.1, -0.05) is 37.3 Å². The zero-order valence-corrected chi connectivity index (χ0v) is 11.3. The zero-order valence-electron chi connectivity index (χ0n) is 11.3. The Morgan fingerprint density at radius 3 is 2.47 bits per heavy atom. The zero-order chi connectivity index (χ0) is 13.8. The molecule has 1 aromatic carbocycles. The van der Waals surface area contributed by atoms with E-state index in [2.05, 4.69) is 26.0 Å². The van der Waals surface area contributed by atoms with Crippen molar-refractivity contribution in [2.75, 3.05) is 0 Å². The fraction of sp³-hybridized carbons (Fsp3) is 0.312. The molecule has 0 fully saturated rings. The second kappa shape index (κ2) is 5.74. The minimum absolute atomic E-state index is 0.194. The minimum Gasteiger partial charge on any atom is -0.477 e. The van der Waals surface area contributed by atoms with Gasteiger partial charge in [0.15, 0.2) is 0 Å². The first-order valence-corrected chi connectivity index (χ1v) is 6.60. The maximum absolute atomic E-state index is 11.3. The molecule has 0 unspecified atom stereocenters. The minimum atomic E-state index is -0.861. The van der Waals surface area contributed by atoms with Crippen LogP contribution in [-0.2, 0) is 6.42 Å². The van der Waals surface area contributed by atoms with Gasteiger partial charge in [0.2, 0.25) is 0 Å². The summed E-state index contributed by atoms with van der Waals surface area (Å²) in [5.74, 6) is -0.861. The van der Waals surface area contributed by atoms with Crippen LogP contribution in [0.4, 0.5) is 0 Å². The Kier molecular flexibility index (Phi) is 4.05. The van der Waals surface area contributed by atoms with E-state index in [0.29, 0.717) is 5.69 Å². The van der Waals surface area contributed by atoms with Crippen LogP contribution in [0.3, 0.4) is 0 Å². The van der Waals surface area contributed by atoms with Crippen molar-refractivity contribution in [1.29, 1.82) is 0 Å². The van der Waals surface area contributed by atoms with Crippen LogP contribution in [0.1, 0.15) is 48.1 Å². The summed E-state index contributed by atoms with van der Waals surface area (Å²) in [6.45, 7) is 4.13. The van der Waals surface area contributed by atoms with Crippen LogP contribution in [0, 0.1) is 0 Å². The van der Waals surface area contributed by atoms with Gasteiger partial charge in [0, 0.05) is 18.2 Å². The number of aromatic nitrogens is 1. The molecular weight excluding hydrogens is 238 g/mol. The van der Waals surface area contributed by atoms with Gasteiger partial charge in [-0.25, -0.2) is 4.79 Å². The van der Waals surface area contributed by atoms with E-state index >= 15 is 0 Å². The number of hydrogen-bond acceptors (Lipinski definition) is 1. The highest BCUT2D eigenvalue weighted by atomic mass is 16.4. The van der Waals surface area contributed by atoms with Crippen molar-refractivity contribution in [3.05, 3.63) is 59.4 Å². The van der Waals surface area contributed by atoms with E-state index in [0.717, 1.165) is 18.5 Å². The summed E-state index contributed by atoms with van der Waals surface area (Å²) in [6.07, 6.45) is 1.68. The molecule has 19 heavy (non-hydrogen) atoms. The maximum Gasteiger partial charge on any atom is 0.352 e. The lowest BCUT2D eigenvalue weighted by atomic mass is 10.1. The SMILES string of the molecule is CC[C@H](C)n1c(Cc2ccccc2)ccc1C(=O)O. The molecule has 0 aliphatic rings. The molecular formula is C16H19NO2. The van der Waals surface area contributed by atoms with Crippen LogP contribution < -0.4 is 0 Å². The number of benzene rings is 1. The third-order valence-electron chi connectivity index (χ3n) is 3.48. The monoisotopic (exact) mass is 257 g/mol. The molecule has 1 heterocycles. The molecule has 0 amide bonds. The summed E-state index contributed by atoms with van der Waals surface area (Å²) < 4.78 is 1.94. The number of carboxylic acids is 1. The molecule has 1 atom stereocenters. The molecule has 0 aliphatic carbocycles. The number of carboxylic acid groups (broad SMARTS) is 1. The molecule has 3 heteroatoms. The third-order valence-corrected chi connectivity index (χ3v) is 3.48. The molecule has 1 N–H and O–H groups in total. The first kappa shape index (κ1) is 13.4. The average Bonchev–Trinajstić information content (AvgIpc) is 2.83. The Morgan fingerprint density at radius 1 is 1.21 bits per heavy atom. The molecule has 1 aromatic heterocycles. The Labute approximate surface area is 113 Å². The first-order valence-electron chi connectivity index (χ1n) is 6.60. The maximum atomic E-state index is 11.3. The highest BCUT2D eigenvalue weighted by Gasteiger charge is 2.17. The van der Waals surface area contributed by atoms with E-state index in [4.69, 9.17) is 0 Å². The van der Waals surface area contributed by atoms with E-state index in [1.165, 1.54) is 5.56 Å². The number of hydrogen-bond donors (Lipinski definition) is 1. The fourth-order valence-electron chi connectivity index (χ4n) is 2.32. The molecule has 3 nitrogen and oxygen atoms in total. The first-order chi connectivity index (χ1) is 9.13. The van der Waals surface area contributed by atoms with E-state index in [-0.39, 0.29) is 6.04 Å². The van der Waals surface area contributed by atoms with Gasteiger partial charge < -0.3 is 9.67 Å². The normalized spacial score (nSPS) is 12.3. The molecule has 2 aromatic rings. The van der Waals surface area contributed by atoms with Gasteiger partial charge in [-0.3, -0.25) is 0 Å². The van der Waals surface area contributed by atoms with Crippen molar-refractivity contribution in [3.8, 4) is 0 Å². The van der Waals surface area contributed by atoms with Crippen molar-refractivity contribution in [1.82, 2.24) is 4.57 Å². The molecule has 0 saturated carbocycles. The van der Waals surface area contributed by atoms with Crippen LogP contribution >= 0.6 is 0 Å². The largest absolute Gasteiger partial charge is 0.477 e. The van der Waals surface area contributed by atoms with Crippen LogP contribution in [0.5, 0.6) is 0 Å². The van der Waals surface area contributed by atoms with Crippen LogP contribution in [0.25, 0.3) is 0 Å². The van der Waals surface area contributed by atoms with E-state index in [1.807, 2.05) is 28.8 Å². The number of aromatic carboxylic acids is 1. The molecule has 0 saturated heterocycles. The van der Waals surface area contributed by atoms with E-state index in [1.54, 1.807) is 6.07 Å². The van der Waals surface area contributed by atoms with Crippen molar-refractivity contribution >= 4 is 5.97 Å². The fourth-order valence-corrected chi connectivity index (χ4v) is 2.32. The summed E-state index contributed by atoms with van der Waals surface area (Å²) in [6, 6.07) is 13.9. The molecule has 0 bridgehead atoms. The Morgan fingerprint density at radius 2 is 1.89 bits per heavy atom. The van der Waals surface area contributed by atoms with Gasteiger partial charge >= 0.3 is 5.97 Å². The molecule has 100 valence electrons. The van der Waals surface area contributed by atoms with Crippen molar-refractivity contribution in [2.45, 2.75) is 32.7 Å². The van der Waals surface area contributed by atoms with Gasteiger partial charge in [-0.05, 0) is 31.0 Å². The number of nitrogens with zero attached hydrogens (tertiary/aromatic N) is 1. The van der Waals surface area contributed by atoms with Gasteiger partial charge in [0.25, 0.3) is 0 Å². The lowest BCUT2D eigenvalue weighted by Crippen LogP contribution is -2.15. The predicted molar refractivity (Wildman–Crippen MR) is 75.6 cm³/mol. The quantitative estimate of drug-likeness (QED) is 0.886. The lowest BCUT2D eigenvalue weighted by Gasteiger charge is -2.18. The summed E-state index contributed by atoms with van der Waals surface area (Å²) in [5.41, 5.74) is 2.63. The number of rotatable bonds is 5. The van der Waals surface area contributed by atoms with Gasteiger partial charge in [0.1, 0.15) is 5.69 Å². The van der Waals surface area contributed by atoms with Gasteiger partial charge in [-0.15, -0.1) is 0 Å². The molecule has 2 rings (SSSR count). The van der Waals surface area contributed by atoms with Crippen LogP contribution in [0.15, 0.2) is 42.5 Å². The molecule has 0 spiro atoms. The number of carbonyl (C=O) groups is 1. The highest BCUT2D eigenvalue weighted by molar-refractivity contribution is 5.86. The average molecular weight is 257 g/mol. The van der Waals surface area contributed by atoms with E-state index < -0.39 is 5.97 Å². The highest BCUT2D eigenvalue weighted by Crippen LogP contribution is 2.21. The summed E-state index contributed by atoms with van der Waals surface area (Å²) in [7, 11) is 0. The van der Waals surface area contributed by atoms with Crippen molar-refractivity contribution in [2.24, 2.45) is 0 Å². The Balaban J connectivity index is 2.38. The van der Waals surface area contributed by atoms with Crippen LogP contribution in [0.2, 0.25) is 0 Å². The second-order valence-electron chi connectivity index (χ2n) is 4.80. The smallest absolute Gasteiger partial charge is 0.352 e. The summed E-state index contributed by atoms with van der Waals surface area (Å²) in [5, 5.41) is 9.27. The third kappa shape index (κ3) is 2.87. The topological polar surface area (TPSA) is 42.2 Å². The lowest BCUT2D eigenvalue weighted by molar-refractivity contribution is 0.0682. The Bertz CT molecular complexity index is 557. The summed E-state index contributed by atoms with van der Waals surface area (Å²) >= 11 is 0. The molecule has 0 aliphatic heterocycles. The standard InChI is InChI=1S/C16H19NO2/c1-3-12(2)17-14(9-10-15(17)16(18)19)11-13-7-5-4-6-8-13/h4-10,12H,3,11H2,1-2H3,(H,18,19)/t12-/m0/s1. The summed E-state index contributed by atoms with van der Waals surface area (Å²) in [4.78, 5) is 11.3. The van der Waals surface area contributed by atoms with Gasteiger partial charge in [0.05, 0.1) is 0 Å². The second-order valence-corrected chi connectivity index (χ2v) is 4.80. The Hall–Kier alpha value is -2.03. The van der Waals surface area contributed by atoms with Crippen molar-refractivity contribution < 1.29 is 9.90 Å². The predicted octanol–water partition coefficient (Wildman–Crippen LogP) is 3.75. The van der Waals surface area contributed by atoms with Crippen LogP contribution in [-0.4, -0.2) is 15.6 Å². The van der Waals surface area contributed by atoms with E-state index in [9.17, 15) is 9.90 Å². The van der Waals surface area contributed by atoms with Crippen molar-refractivity contribution in [3.63, 3.8) is 0 Å². The molecule has 0 radical (unpaired) electrons.